The standard InChI is InChI=1S/C17H24N4O/c1-13(2)12-20-16-9-11-19-17(21-16)18-10-8-14-6-4-5-7-15(14)22-3/h4-7,9,11,13H,8,10,12H2,1-3H3,(H2,18,19,20,21). The number of ether oxygens (including phenoxy) is 1. The van der Waals surface area contributed by atoms with E-state index in [0.29, 0.717) is 11.9 Å². The fraction of sp³-hybridized carbons (Fsp3) is 0.412. The molecular weight excluding hydrogens is 276 g/mol. The van der Waals surface area contributed by atoms with Gasteiger partial charge < -0.3 is 15.4 Å². The van der Waals surface area contributed by atoms with Gasteiger partial charge in [-0.15, -0.1) is 0 Å². The number of para-hydroxylation sites is 1. The van der Waals surface area contributed by atoms with Crippen molar-refractivity contribution < 1.29 is 4.74 Å². The first kappa shape index (κ1) is 16.1. The molecule has 0 aliphatic carbocycles. The molecule has 1 aromatic heterocycles. The Bertz CT molecular complexity index is 586. The number of methoxy groups -OCH3 is 1. The van der Waals surface area contributed by atoms with Gasteiger partial charge >= 0.3 is 0 Å². The van der Waals surface area contributed by atoms with E-state index in [-0.39, 0.29) is 0 Å². The molecular formula is C17H24N4O. The first-order chi connectivity index (χ1) is 10.7. The fourth-order valence-electron chi connectivity index (χ4n) is 2.07. The maximum Gasteiger partial charge on any atom is 0.224 e. The summed E-state index contributed by atoms with van der Waals surface area (Å²) >= 11 is 0. The summed E-state index contributed by atoms with van der Waals surface area (Å²) in [7, 11) is 1.69. The highest BCUT2D eigenvalue weighted by Crippen LogP contribution is 2.17. The quantitative estimate of drug-likeness (QED) is 0.784. The molecule has 0 atom stereocenters. The van der Waals surface area contributed by atoms with Crippen LogP contribution in [-0.2, 0) is 6.42 Å². The van der Waals surface area contributed by atoms with Gasteiger partial charge in [-0.05, 0) is 30.0 Å². The van der Waals surface area contributed by atoms with Crippen LogP contribution in [0.5, 0.6) is 5.75 Å². The molecule has 5 nitrogen and oxygen atoms in total. The van der Waals surface area contributed by atoms with E-state index in [4.69, 9.17) is 4.74 Å². The minimum atomic E-state index is 0.580. The van der Waals surface area contributed by atoms with E-state index in [0.717, 1.165) is 31.1 Å². The van der Waals surface area contributed by atoms with Crippen molar-refractivity contribution in [1.29, 1.82) is 0 Å². The zero-order valence-corrected chi connectivity index (χ0v) is 13.5. The summed E-state index contributed by atoms with van der Waals surface area (Å²) in [6, 6.07) is 9.92. The van der Waals surface area contributed by atoms with E-state index in [1.54, 1.807) is 13.3 Å². The van der Waals surface area contributed by atoms with Crippen molar-refractivity contribution in [3.05, 3.63) is 42.1 Å². The van der Waals surface area contributed by atoms with Crippen molar-refractivity contribution >= 4 is 11.8 Å². The van der Waals surface area contributed by atoms with Gasteiger partial charge in [0, 0.05) is 19.3 Å². The summed E-state index contributed by atoms with van der Waals surface area (Å²) in [6.45, 7) is 5.99. The highest BCUT2D eigenvalue weighted by Gasteiger charge is 2.03. The van der Waals surface area contributed by atoms with E-state index < -0.39 is 0 Å². The normalized spacial score (nSPS) is 10.5. The molecule has 0 saturated heterocycles. The minimum Gasteiger partial charge on any atom is -0.496 e. The molecule has 2 aromatic rings. The van der Waals surface area contributed by atoms with Gasteiger partial charge in [-0.3, -0.25) is 0 Å². The molecule has 1 heterocycles. The van der Waals surface area contributed by atoms with Crippen molar-refractivity contribution in [2.75, 3.05) is 30.8 Å². The zero-order valence-electron chi connectivity index (χ0n) is 13.5. The number of hydrogen-bond donors (Lipinski definition) is 2. The molecule has 0 saturated carbocycles. The summed E-state index contributed by atoms with van der Waals surface area (Å²) in [4.78, 5) is 8.70. The average Bonchev–Trinajstić information content (AvgIpc) is 2.54. The summed E-state index contributed by atoms with van der Waals surface area (Å²) < 4.78 is 5.35. The average molecular weight is 300 g/mol. The van der Waals surface area contributed by atoms with Crippen LogP contribution >= 0.6 is 0 Å². The molecule has 118 valence electrons. The lowest BCUT2D eigenvalue weighted by atomic mass is 10.1. The van der Waals surface area contributed by atoms with E-state index in [1.165, 1.54) is 5.56 Å². The van der Waals surface area contributed by atoms with Crippen LogP contribution in [0.1, 0.15) is 19.4 Å². The second-order valence-electron chi connectivity index (χ2n) is 5.53. The van der Waals surface area contributed by atoms with Gasteiger partial charge in [0.25, 0.3) is 0 Å². The van der Waals surface area contributed by atoms with Crippen LogP contribution in [0.3, 0.4) is 0 Å². The highest BCUT2D eigenvalue weighted by molar-refractivity contribution is 5.40. The lowest BCUT2D eigenvalue weighted by molar-refractivity contribution is 0.410. The third-order valence-electron chi connectivity index (χ3n) is 3.22. The van der Waals surface area contributed by atoms with Crippen molar-refractivity contribution in [3.63, 3.8) is 0 Å². The van der Waals surface area contributed by atoms with Crippen LogP contribution in [0.25, 0.3) is 0 Å². The lowest BCUT2D eigenvalue weighted by Gasteiger charge is -2.11. The van der Waals surface area contributed by atoms with Gasteiger partial charge in [-0.2, -0.15) is 4.98 Å². The number of rotatable bonds is 8. The van der Waals surface area contributed by atoms with Crippen molar-refractivity contribution in [1.82, 2.24) is 9.97 Å². The van der Waals surface area contributed by atoms with Crippen LogP contribution in [0, 0.1) is 5.92 Å². The van der Waals surface area contributed by atoms with Gasteiger partial charge in [-0.25, -0.2) is 4.98 Å². The van der Waals surface area contributed by atoms with Crippen LogP contribution in [0.2, 0.25) is 0 Å². The molecule has 0 amide bonds. The molecule has 0 bridgehead atoms. The zero-order chi connectivity index (χ0) is 15.8. The van der Waals surface area contributed by atoms with Crippen LogP contribution in [-0.4, -0.2) is 30.2 Å². The van der Waals surface area contributed by atoms with Gasteiger partial charge in [0.15, 0.2) is 0 Å². The predicted octanol–water partition coefficient (Wildman–Crippen LogP) is 3.21. The second-order valence-corrected chi connectivity index (χ2v) is 5.53. The minimum absolute atomic E-state index is 0.580. The van der Waals surface area contributed by atoms with Crippen LogP contribution in [0.15, 0.2) is 36.5 Å². The molecule has 0 spiro atoms. The highest BCUT2D eigenvalue weighted by atomic mass is 16.5. The van der Waals surface area contributed by atoms with Crippen molar-refractivity contribution in [3.8, 4) is 5.75 Å². The summed E-state index contributed by atoms with van der Waals surface area (Å²) in [5.74, 6) is 2.99. The summed E-state index contributed by atoms with van der Waals surface area (Å²) in [6.07, 6.45) is 2.62. The topological polar surface area (TPSA) is 59.1 Å². The number of anilines is 2. The molecule has 0 fully saturated rings. The Labute approximate surface area is 132 Å². The molecule has 0 aliphatic heterocycles. The van der Waals surface area contributed by atoms with Gasteiger partial charge in [0.1, 0.15) is 11.6 Å². The van der Waals surface area contributed by atoms with Gasteiger partial charge in [-0.1, -0.05) is 32.0 Å². The maximum absolute atomic E-state index is 5.35. The smallest absolute Gasteiger partial charge is 0.224 e. The Hall–Kier alpha value is -2.30. The van der Waals surface area contributed by atoms with E-state index in [9.17, 15) is 0 Å². The third kappa shape index (κ3) is 4.91. The van der Waals surface area contributed by atoms with Gasteiger partial charge in [0.05, 0.1) is 7.11 Å². The Morgan fingerprint density at radius 1 is 1.14 bits per heavy atom. The van der Waals surface area contributed by atoms with Crippen LogP contribution < -0.4 is 15.4 Å². The van der Waals surface area contributed by atoms with E-state index >= 15 is 0 Å². The molecule has 5 heteroatoms. The molecule has 1 aromatic carbocycles. The molecule has 0 radical (unpaired) electrons. The largest absolute Gasteiger partial charge is 0.496 e. The summed E-state index contributed by atoms with van der Waals surface area (Å²) in [5.41, 5.74) is 1.17. The molecule has 0 aliphatic rings. The fourth-order valence-corrected chi connectivity index (χ4v) is 2.07. The number of hydrogen-bond acceptors (Lipinski definition) is 5. The Balaban J connectivity index is 1.87. The number of nitrogens with one attached hydrogen (secondary N) is 2. The van der Waals surface area contributed by atoms with Crippen molar-refractivity contribution in [2.24, 2.45) is 5.92 Å². The second kappa shape index (κ2) is 8.22. The third-order valence-corrected chi connectivity index (χ3v) is 3.22. The molecule has 2 N–H and O–H groups in total. The lowest BCUT2D eigenvalue weighted by Crippen LogP contribution is -2.12. The number of benzene rings is 1. The SMILES string of the molecule is COc1ccccc1CCNc1nccc(NCC(C)C)n1. The maximum atomic E-state index is 5.35. The first-order valence-corrected chi connectivity index (χ1v) is 7.61. The molecule has 22 heavy (non-hydrogen) atoms. The van der Waals surface area contributed by atoms with Crippen LogP contribution in [0.4, 0.5) is 11.8 Å². The summed E-state index contributed by atoms with van der Waals surface area (Å²) in [5, 5.41) is 6.55. The van der Waals surface area contributed by atoms with E-state index in [2.05, 4.69) is 40.5 Å². The molecule has 0 unspecified atom stereocenters. The van der Waals surface area contributed by atoms with Crippen molar-refractivity contribution in [2.45, 2.75) is 20.3 Å². The predicted molar refractivity (Wildman–Crippen MR) is 90.5 cm³/mol. The van der Waals surface area contributed by atoms with Gasteiger partial charge in [0.2, 0.25) is 5.95 Å². The Kier molecular flexibility index (Phi) is 6.01. The Morgan fingerprint density at radius 2 is 1.95 bits per heavy atom. The number of nitrogens with zero attached hydrogens (tertiary/aromatic N) is 2. The Morgan fingerprint density at radius 3 is 2.73 bits per heavy atom. The first-order valence-electron chi connectivity index (χ1n) is 7.61. The monoisotopic (exact) mass is 300 g/mol. The van der Waals surface area contributed by atoms with E-state index in [1.807, 2.05) is 24.3 Å². The number of aromatic nitrogens is 2. The molecule has 2 rings (SSSR count).